The fraction of sp³-hybridized carbons (Fsp3) is 0.385. The quantitative estimate of drug-likeness (QED) is 0.879. The second kappa shape index (κ2) is 5.60. The second-order valence-corrected chi connectivity index (χ2v) is 4.81. The molecule has 0 fully saturated rings. The summed E-state index contributed by atoms with van der Waals surface area (Å²) in [5, 5.41) is 11.6. The lowest BCUT2D eigenvalue weighted by molar-refractivity contribution is 0.0636. The van der Waals surface area contributed by atoms with Gasteiger partial charge in [-0.2, -0.15) is 0 Å². The van der Waals surface area contributed by atoms with E-state index in [-0.39, 0.29) is 17.0 Å². The zero-order valence-corrected chi connectivity index (χ0v) is 11.3. The minimum Gasteiger partial charge on any atom is -0.496 e. The van der Waals surface area contributed by atoms with Crippen LogP contribution in [0.2, 0.25) is 0 Å². The number of carboxylic acids is 1. The van der Waals surface area contributed by atoms with Crippen LogP contribution in [-0.2, 0) is 4.74 Å². The van der Waals surface area contributed by atoms with Crippen molar-refractivity contribution in [2.75, 3.05) is 12.4 Å². The van der Waals surface area contributed by atoms with Crippen LogP contribution in [-0.4, -0.2) is 29.9 Å². The Bertz CT molecular complexity index is 490. The van der Waals surface area contributed by atoms with E-state index in [1.54, 1.807) is 26.8 Å². The first kappa shape index (κ1) is 14.8. The minimum atomic E-state index is -1.19. The SMILES string of the molecule is COc1cccc(NC(=O)OC(C)(C)C)c1C(=O)O. The lowest BCUT2D eigenvalue weighted by Gasteiger charge is -2.20. The maximum absolute atomic E-state index is 11.6. The van der Waals surface area contributed by atoms with E-state index in [9.17, 15) is 9.59 Å². The Morgan fingerprint density at radius 2 is 1.89 bits per heavy atom. The van der Waals surface area contributed by atoms with E-state index in [2.05, 4.69) is 5.32 Å². The number of carboxylic acid groups (broad SMARTS) is 1. The molecule has 2 N–H and O–H groups in total. The predicted molar refractivity (Wildman–Crippen MR) is 69.8 cm³/mol. The average Bonchev–Trinajstić information content (AvgIpc) is 2.25. The van der Waals surface area contributed by atoms with Crippen LogP contribution in [0.25, 0.3) is 0 Å². The molecule has 0 aromatic heterocycles. The Morgan fingerprint density at radius 3 is 2.37 bits per heavy atom. The summed E-state index contributed by atoms with van der Waals surface area (Å²) in [7, 11) is 1.36. The van der Waals surface area contributed by atoms with Crippen molar-refractivity contribution in [3.05, 3.63) is 23.8 Å². The molecule has 1 rings (SSSR count). The van der Waals surface area contributed by atoms with Crippen molar-refractivity contribution in [1.82, 2.24) is 0 Å². The summed E-state index contributed by atoms with van der Waals surface area (Å²) in [4.78, 5) is 22.8. The minimum absolute atomic E-state index is 0.115. The molecule has 1 amide bonds. The maximum Gasteiger partial charge on any atom is 0.412 e. The van der Waals surface area contributed by atoms with Gasteiger partial charge < -0.3 is 14.6 Å². The number of carbonyl (C=O) groups excluding carboxylic acids is 1. The third kappa shape index (κ3) is 4.17. The van der Waals surface area contributed by atoms with Crippen molar-refractivity contribution in [3.8, 4) is 5.75 Å². The third-order valence-electron chi connectivity index (χ3n) is 2.10. The number of anilines is 1. The van der Waals surface area contributed by atoms with Crippen molar-refractivity contribution in [1.29, 1.82) is 0 Å². The molecular weight excluding hydrogens is 250 g/mol. The molecule has 0 radical (unpaired) electrons. The molecule has 0 aliphatic heterocycles. The number of hydrogen-bond donors (Lipinski definition) is 2. The highest BCUT2D eigenvalue weighted by Gasteiger charge is 2.21. The predicted octanol–water partition coefficient (Wildman–Crippen LogP) is 2.74. The molecule has 6 nitrogen and oxygen atoms in total. The van der Waals surface area contributed by atoms with Crippen molar-refractivity contribution in [3.63, 3.8) is 0 Å². The van der Waals surface area contributed by atoms with Gasteiger partial charge in [0.25, 0.3) is 0 Å². The van der Waals surface area contributed by atoms with Gasteiger partial charge >= 0.3 is 12.1 Å². The number of nitrogens with one attached hydrogen (secondary N) is 1. The molecule has 0 spiro atoms. The Labute approximate surface area is 111 Å². The van der Waals surface area contributed by atoms with Gasteiger partial charge in [0.15, 0.2) is 0 Å². The Balaban J connectivity index is 3.01. The molecule has 6 heteroatoms. The van der Waals surface area contributed by atoms with Crippen molar-refractivity contribution in [2.24, 2.45) is 0 Å². The van der Waals surface area contributed by atoms with E-state index in [1.807, 2.05) is 0 Å². The van der Waals surface area contributed by atoms with Crippen LogP contribution in [0.3, 0.4) is 0 Å². The molecule has 0 saturated heterocycles. The van der Waals surface area contributed by atoms with E-state index in [0.29, 0.717) is 0 Å². The number of benzene rings is 1. The molecule has 0 atom stereocenters. The van der Waals surface area contributed by atoms with E-state index in [4.69, 9.17) is 14.6 Å². The first-order valence-electron chi connectivity index (χ1n) is 5.65. The van der Waals surface area contributed by atoms with Gasteiger partial charge in [0.2, 0.25) is 0 Å². The largest absolute Gasteiger partial charge is 0.496 e. The van der Waals surface area contributed by atoms with E-state index in [1.165, 1.54) is 19.2 Å². The number of hydrogen-bond acceptors (Lipinski definition) is 4. The fourth-order valence-electron chi connectivity index (χ4n) is 1.44. The van der Waals surface area contributed by atoms with Gasteiger partial charge in [-0.05, 0) is 32.9 Å². The Kier molecular flexibility index (Phi) is 4.37. The molecule has 1 aromatic rings. The highest BCUT2D eigenvalue weighted by atomic mass is 16.6. The van der Waals surface area contributed by atoms with Crippen LogP contribution in [0.15, 0.2) is 18.2 Å². The fourth-order valence-corrected chi connectivity index (χ4v) is 1.44. The Hall–Kier alpha value is -2.24. The lowest BCUT2D eigenvalue weighted by atomic mass is 10.1. The molecule has 0 aliphatic rings. The van der Waals surface area contributed by atoms with Crippen LogP contribution < -0.4 is 10.1 Å². The smallest absolute Gasteiger partial charge is 0.412 e. The first-order chi connectivity index (χ1) is 8.74. The molecular formula is C13H17NO5. The van der Waals surface area contributed by atoms with Crippen LogP contribution in [0.4, 0.5) is 10.5 Å². The zero-order chi connectivity index (χ0) is 14.6. The molecule has 104 valence electrons. The second-order valence-electron chi connectivity index (χ2n) is 4.81. The normalized spacial score (nSPS) is 10.7. The molecule has 0 bridgehead atoms. The van der Waals surface area contributed by atoms with Gasteiger partial charge in [0.05, 0.1) is 12.8 Å². The number of methoxy groups -OCH3 is 1. The summed E-state index contributed by atoms with van der Waals surface area (Å²) >= 11 is 0. The van der Waals surface area contributed by atoms with Crippen molar-refractivity contribution in [2.45, 2.75) is 26.4 Å². The first-order valence-corrected chi connectivity index (χ1v) is 5.65. The molecule has 0 aliphatic carbocycles. The highest BCUT2D eigenvalue weighted by molar-refractivity contribution is 6.01. The van der Waals surface area contributed by atoms with Crippen LogP contribution in [0.5, 0.6) is 5.75 Å². The molecule has 0 unspecified atom stereocenters. The van der Waals surface area contributed by atoms with Gasteiger partial charge in [-0.25, -0.2) is 9.59 Å². The number of ether oxygens (including phenoxy) is 2. The Morgan fingerprint density at radius 1 is 1.26 bits per heavy atom. The maximum atomic E-state index is 11.6. The monoisotopic (exact) mass is 267 g/mol. The summed E-state index contributed by atoms with van der Waals surface area (Å²) in [5.41, 5.74) is -0.649. The number of carbonyl (C=O) groups is 2. The topological polar surface area (TPSA) is 84.9 Å². The van der Waals surface area contributed by atoms with Crippen LogP contribution >= 0.6 is 0 Å². The lowest BCUT2D eigenvalue weighted by Crippen LogP contribution is -2.27. The van der Waals surface area contributed by atoms with Gasteiger partial charge in [0, 0.05) is 0 Å². The summed E-state index contributed by atoms with van der Waals surface area (Å²) < 4.78 is 10.0. The summed E-state index contributed by atoms with van der Waals surface area (Å²) in [6.45, 7) is 5.16. The van der Waals surface area contributed by atoms with Gasteiger partial charge in [-0.1, -0.05) is 6.07 Å². The van der Waals surface area contributed by atoms with E-state index >= 15 is 0 Å². The highest BCUT2D eigenvalue weighted by Crippen LogP contribution is 2.26. The van der Waals surface area contributed by atoms with E-state index in [0.717, 1.165) is 0 Å². The van der Waals surface area contributed by atoms with E-state index < -0.39 is 17.7 Å². The van der Waals surface area contributed by atoms with Gasteiger partial charge in [-0.15, -0.1) is 0 Å². The molecule has 1 aromatic carbocycles. The number of amides is 1. The summed E-state index contributed by atoms with van der Waals surface area (Å²) in [5.74, 6) is -1.02. The molecule has 0 heterocycles. The van der Waals surface area contributed by atoms with Crippen LogP contribution in [0.1, 0.15) is 31.1 Å². The van der Waals surface area contributed by atoms with Crippen LogP contribution in [0, 0.1) is 0 Å². The zero-order valence-electron chi connectivity index (χ0n) is 11.3. The number of rotatable bonds is 3. The average molecular weight is 267 g/mol. The van der Waals surface area contributed by atoms with Gasteiger partial charge in [-0.3, -0.25) is 5.32 Å². The molecule has 0 saturated carbocycles. The standard InChI is InChI=1S/C13H17NO5/c1-13(2,3)19-12(17)14-8-6-5-7-9(18-4)10(8)11(15)16/h5-7H,1-4H3,(H,14,17)(H,15,16). The number of aromatic carboxylic acids is 1. The third-order valence-corrected chi connectivity index (χ3v) is 2.10. The summed E-state index contributed by atoms with van der Waals surface area (Å²) in [6, 6.07) is 4.55. The van der Waals surface area contributed by atoms with Gasteiger partial charge in [0.1, 0.15) is 16.9 Å². The van der Waals surface area contributed by atoms with Crippen molar-refractivity contribution < 1.29 is 24.2 Å². The van der Waals surface area contributed by atoms with Crippen molar-refractivity contribution >= 4 is 17.7 Å². The molecule has 19 heavy (non-hydrogen) atoms. The summed E-state index contributed by atoms with van der Waals surface area (Å²) in [6.07, 6.45) is -0.719.